The zero-order valence-electron chi connectivity index (χ0n) is 21.1. The summed E-state index contributed by atoms with van der Waals surface area (Å²) in [4.78, 5) is 34.8. The van der Waals surface area contributed by atoms with Crippen LogP contribution in [0.15, 0.2) is 24.3 Å². The summed E-state index contributed by atoms with van der Waals surface area (Å²) < 4.78 is 10.9. The summed E-state index contributed by atoms with van der Waals surface area (Å²) >= 11 is 0. The number of carbonyl (C=O) groups is 3. The number of aliphatic hydroxyl groups excluding tert-OH is 2. The molecule has 0 saturated heterocycles. The van der Waals surface area contributed by atoms with Gasteiger partial charge in [0.2, 0.25) is 0 Å². The zero-order chi connectivity index (χ0) is 26.1. The molecule has 8 nitrogen and oxygen atoms in total. The van der Waals surface area contributed by atoms with Gasteiger partial charge in [-0.25, -0.2) is 9.59 Å². The van der Waals surface area contributed by atoms with E-state index in [1.165, 1.54) is 13.8 Å². The molecule has 0 fully saturated rings. The molecule has 0 aliphatic heterocycles. The molecule has 0 saturated carbocycles. The van der Waals surface area contributed by atoms with Gasteiger partial charge in [0.1, 0.15) is 12.2 Å². The van der Waals surface area contributed by atoms with Crippen LogP contribution in [0.4, 0.5) is 0 Å². The van der Waals surface area contributed by atoms with Crippen molar-refractivity contribution < 1.29 is 39.2 Å². The molecule has 0 rings (SSSR count). The van der Waals surface area contributed by atoms with Crippen LogP contribution in [0.2, 0.25) is 0 Å². The molecule has 0 aliphatic rings. The minimum Gasteiger partial charge on any atom is -0.481 e. The number of carboxylic acid groups (broad SMARTS) is 1. The molecule has 0 aromatic rings. The molecule has 0 aromatic heterocycles. The summed E-state index contributed by atoms with van der Waals surface area (Å²) in [6, 6.07) is 0. The van der Waals surface area contributed by atoms with Crippen molar-refractivity contribution in [1.82, 2.24) is 0 Å². The van der Waals surface area contributed by atoms with Gasteiger partial charge in [-0.15, -0.1) is 0 Å². The molecule has 4 unspecified atom stereocenters. The Morgan fingerprint density at radius 2 is 1.24 bits per heavy atom. The van der Waals surface area contributed by atoms with Gasteiger partial charge >= 0.3 is 17.9 Å². The van der Waals surface area contributed by atoms with Gasteiger partial charge in [0.05, 0.1) is 12.2 Å². The molecule has 8 heteroatoms. The number of hydrogen-bond donors (Lipinski definition) is 3. The Morgan fingerprint density at radius 3 is 1.76 bits per heavy atom. The summed E-state index contributed by atoms with van der Waals surface area (Å²) in [5, 5.41) is 30.2. The standard InChI is InChI=1S/C26H44O8/c1-6-7-11-14-20(27)23(34-26(32)19(4)5)17-21(28)22(33-25(31)18(2)3)15-12-9-8-10-13-16-24(29)30/h20-23,27-28H,2,4,6-17H2,1,3,5H3,(H,29,30). The highest BCUT2D eigenvalue weighted by atomic mass is 16.6. The smallest absolute Gasteiger partial charge is 0.333 e. The number of carbonyl (C=O) groups excluding carboxylic acids is 2. The third-order valence-corrected chi connectivity index (χ3v) is 5.53. The lowest BCUT2D eigenvalue weighted by Gasteiger charge is -2.29. The number of hydrogen-bond acceptors (Lipinski definition) is 7. The molecular formula is C26H44O8. The highest BCUT2D eigenvalue weighted by Gasteiger charge is 2.31. The number of esters is 2. The molecule has 0 amide bonds. The van der Waals surface area contributed by atoms with Crippen molar-refractivity contribution >= 4 is 17.9 Å². The van der Waals surface area contributed by atoms with Crippen LogP contribution >= 0.6 is 0 Å². The zero-order valence-corrected chi connectivity index (χ0v) is 21.1. The number of carboxylic acids is 1. The van der Waals surface area contributed by atoms with E-state index in [9.17, 15) is 24.6 Å². The van der Waals surface area contributed by atoms with E-state index in [0.717, 1.165) is 38.5 Å². The minimum atomic E-state index is -1.15. The molecular weight excluding hydrogens is 440 g/mol. The second-order valence-corrected chi connectivity index (χ2v) is 9.01. The van der Waals surface area contributed by atoms with Crippen molar-refractivity contribution in [1.29, 1.82) is 0 Å². The van der Waals surface area contributed by atoms with Crippen molar-refractivity contribution in [3.63, 3.8) is 0 Å². The van der Waals surface area contributed by atoms with E-state index in [2.05, 4.69) is 13.2 Å². The second-order valence-electron chi connectivity index (χ2n) is 9.01. The Kier molecular flexibility index (Phi) is 17.0. The van der Waals surface area contributed by atoms with E-state index in [1.54, 1.807) is 0 Å². The molecule has 4 atom stereocenters. The lowest BCUT2D eigenvalue weighted by Crippen LogP contribution is -2.40. The second kappa shape index (κ2) is 18.2. The van der Waals surface area contributed by atoms with E-state index in [-0.39, 0.29) is 24.0 Å². The summed E-state index contributed by atoms with van der Waals surface area (Å²) in [5.74, 6) is -2.08. The highest BCUT2D eigenvalue weighted by molar-refractivity contribution is 5.87. The summed E-state index contributed by atoms with van der Waals surface area (Å²) in [6.45, 7) is 12.2. The first-order valence-corrected chi connectivity index (χ1v) is 12.3. The predicted octanol–water partition coefficient (Wildman–Crippen LogP) is 4.47. The first-order chi connectivity index (χ1) is 16.0. The summed E-state index contributed by atoms with van der Waals surface area (Å²) in [5.41, 5.74) is 0.393. The number of aliphatic hydroxyl groups is 2. The van der Waals surface area contributed by atoms with Gasteiger partial charge in [0.15, 0.2) is 0 Å². The van der Waals surface area contributed by atoms with Crippen molar-refractivity contribution in [3.8, 4) is 0 Å². The van der Waals surface area contributed by atoms with Crippen molar-refractivity contribution in [2.45, 2.75) is 122 Å². The van der Waals surface area contributed by atoms with E-state index in [4.69, 9.17) is 14.6 Å². The number of rotatable bonds is 20. The minimum absolute atomic E-state index is 0.0843. The fraction of sp³-hybridized carbons (Fsp3) is 0.731. The number of ether oxygens (including phenoxy) is 2. The molecule has 0 aromatic carbocycles. The van der Waals surface area contributed by atoms with E-state index < -0.39 is 42.3 Å². The maximum absolute atomic E-state index is 12.1. The van der Waals surface area contributed by atoms with Crippen LogP contribution in [0.5, 0.6) is 0 Å². The van der Waals surface area contributed by atoms with Crippen molar-refractivity contribution in [2.75, 3.05) is 0 Å². The molecule has 0 spiro atoms. The normalized spacial score (nSPS) is 14.5. The van der Waals surface area contributed by atoms with Crippen LogP contribution in [0.3, 0.4) is 0 Å². The predicted molar refractivity (Wildman–Crippen MR) is 130 cm³/mol. The molecule has 196 valence electrons. The molecule has 0 bridgehead atoms. The van der Waals surface area contributed by atoms with Crippen molar-refractivity contribution in [2.24, 2.45) is 0 Å². The fourth-order valence-corrected chi connectivity index (χ4v) is 3.42. The Bertz CT molecular complexity index is 657. The average molecular weight is 485 g/mol. The average Bonchev–Trinajstić information content (AvgIpc) is 2.76. The van der Waals surface area contributed by atoms with Crippen LogP contribution in [0.1, 0.15) is 97.8 Å². The van der Waals surface area contributed by atoms with E-state index in [1.807, 2.05) is 6.92 Å². The van der Waals surface area contributed by atoms with Gasteiger partial charge in [0.25, 0.3) is 0 Å². The third-order valence-electron chi connectivity index (χ3n) is 5.53. The van der Waals surface area contributed by atoms with Crippen LogP contribution in [-0.4, -0.2) is 57.6 Å². The van der Waals surface area contributed by atoms with Gasteiger partial charge in [0, 0.05) is 24.0 Å². The van der Waals surface area contributed by atoms with E-state index >= 15 is 0 Å². The first-order valence-electron chi connectivity index (χ1n) is 12.3. The number of aliphatic carboxylic acids is 1. The quantitative estimate of drug-likeness (QED) is 0.131. The monoisotopic (exact) mass is 484 g/mol. The lowest BCUT2D eigenvalue weighted by atomic mass is 9.96. The molecule has 0 aliphatic carbocycles. The van der Waals surface area contributed by atoms with Crippen LogP contribution in [0, 0.1) is 0 Å². The van der Waals surface area contributed by atoms with Crippen LogP contribution in [-0.2, 0) is 23.9 Å². The van der Waals surface area contributed by atoms with Gasteiger partial charge in [-0.05, 0) is 39.5 Å². The first kappa shape index (κ1) is 31.8. The SMILES string of the molecule is C=C(C)C(=O)OC(CCCCCCCC(=O)O)C(O)CC(OC(=O)C(=C)C)C(O)CCCCC. The van der Waals surface area contributed by atoms with Gasteiger partial charge in [-0.3, -0.25) is 4.79 Å². The largest absolute Gasteiger partial charge is 0.481 e. The lowest BCUT2D eigenvalue weighted by molar-refractivity contribution is -0.161. The summed E-state index contributed by atoms with van der Waals surface area (Å²) in [7, 11) is 0. The van der Waals surface area contributed by atoms with E-state index in [0.29, 0.717) is 25.7 Å². The molecule has 3 N–H and O–H groups in total. The van der Waals surface area contributed by atoms with Gasteiger partial charge in [-0.1, -0.05) is 58.6 Å². The van der Waals surface area contributed by atoms with Gasteiger partial charge < -0.3 is 24.8 Å². The van der Waals surface area contributed by atoms with Crippen LogP contribution in [0.25, 0.3) is 0 Å². The molecule has 0 radical (unpaired) electrons. The Balaban J connectivity index is 5.12. The highest BCUT2D eigenvalue weighted by Crippen LogP contribution is 2.22. The maximum atomic E-state index is 12.1. The fourth-order valence-electron chi connectivity index (χ4n) is 3.42. The summed E-state index contributed by atoms with van der Waals surface area (Å²) in [6.07, 6.45) is 3.26. The Morgan fingerprint density at radius 1 is 0.735 bits per heavy atom. The maximum Gasteiger partial charge on any atom is 0.333 e. The third kappa shape index (κ3) is 14.9. The topological polar surface area (TPSA) is 130 Å². The van der Waals surface area contributed by atoms with Crippen LogP contribution < -0.4 is 0 Å². The van der Waals surface area contributed by atoms with Crippen molar-refractivity contribution in [3.05, 3.63) is 24.3 Å². The Hall–Kier alpha value is -2.19. The molecule has 34 heavy (non-hydrogen) atoms. The molecule has 0 heterocycles. The van der Waals surface area contributed by atoms with Gasteiger partial charge in [-0.2, -0.15) is 0 Å². The Labute approximate surface area is 204 Å². The number of unbranched alkanes of at least 4 members (excludes halogenated alkanes) is 6.